The molecule has 0 saturated carbocycles. The van der Waals surface area contributed by atoms with Gasteiger partial charge in [0.05, 0.1) is 6.20 Å². The summed E-state index contributed by atoms with van der Waals surface area (Å²) in [5.74, 6) is -0.0639. The number of nitrogens with two attached hydrogens (primary N) is 1. The van der Waals surface area contributed by atoms with Crippen LogP contribution >= 0.6 is 0 Å². The first kappa shape index (κ1) is 18.5. The smallest absolute Gasteiger partial charge is 0.315 e. The minimum Gasteiger partial charge on any atom is -0.351 e. The SMILES string of the molecule is NC(=O)N1CCC[C@H]1C(=O)N1CCC(c2[nH]ncc2-c2cccc(F)c2)CC1. The van der Waals surface area contributed by atoms with Crippen molar-refractivity contribution < 1.29 is 14.0 Å². The second kappa shape index (κ2) is 7.61. The lowest BCUT2D eigenvalue weighted by atomic mass is 9.89. The standard InChI is InChI=1S/C20H24FN5O2/c21-15-4-1-3-14(11-15)16-12-23-24-18(16)13-6-9-25(10-7-13)19(27)17-5-2-8-26(17)20(22)28/h1,3-4,11-13,17H,2,5-10H2,(H2,22,28)(H,23,24)/t17-/m0/s1. The lowest BCUT2D eigenvalue weighted by Crippen LogP contribution is -2.51. The third-order valence-electron chi connectivity index (χ3n) is 5.84. The molecular weight excluding hydrogens is 361 g/mol. The number of carbonyl (C=O) groups is 2. The molecule has 2 fully saturated rings. The van der Waals surface area contributed by atoms with Gasteiger partial charge >= 0.3 is 6.03 Å². The first-order valence-corrected chi connectivity index (χ1v) is 9.68. The average molecular weight is 385 g/mol. The number of amides is 3. The van der Waals surface area contributed by atoms with Crippen LogP contribution in [0.3, 0.4) is 0 Å². The van der Waals surface area contributed by atoms with Crippen LogP contribution in [0.4, 0.5) is 9.18 Å². The second-order valence-electron chi connectivity index (χ2n) is 7.50. The summed E-state index contributed by atoms with van der Waals surface area (Å²) < 4.78 is 13.6. The van der Waals surface area contributed by atoms with Crippen LogP contribution in [0, 0.1) is 5.82 Å². The number of benzene rings is 1. The molecule has 2 aromatic rings. The molecule has 0 aliphatic carbocycles. The highest BCUT2D eigenvalue weighted by Gasteiger charge is 2.37. The van der Waals surface area contributed by atoms with Gasteiger partial charge in [0.1, 0.15) is 11.9 Å². The zero-order chi connectivity index (χ0) is 19.7. The number of rotatable bonds is 3. The molecule has 7 nitrogen and oxygen atoms in total. The van der Waals surface area contributed by atoms with E-state index in [1.54, 1.807) is 12.3 Å². The van der Waals surface area contributed by atoms with Crippen molar-refractivity contribution in [1.29, 1.82) is 0 Å². The molecule has 0 spiro atoms. The number of H-pyrrole nitrogens is 1. The number of urea groups is 1. The fraction of sp³-hybridized carbons (Fsp3) is 0.450. The Bertz CT molecular complexity index is 875. The van der Waals surface area contributed by atoms with E-state index in [1.807, 2.05) is 11.0 Å². The van der Waals surface area contributed by atoms with Crippen molar-refractivity contribution >= 4 is 11.9 Å². The monoisotopic (exact) mass is 385 g/mol. The highest BCUT2D eigenvalue weighted by molar-refractivity contribution is 5.87. The minimum atomic E-state index is -0.525. The number of primary amides is 1. The number of nitrogens with zero attached hydrogens (tertiary/aromatic N) is 3. The summed E-state index contributed by atoms with van der Waals surface area (Å²) in [5.41, 5.74) is 8.09. The van der Waals surface area contributed by atoms with E-state index in [1.165, 1.54) is 17.0 Å². The quantitative estimate of drug-likeness (QED) is 0.850. The minimum absolute atomic E-state index is 0.00952. The maximum Gasteiger partial charge on any atom is 0.315 e. The average Bonchev–Trinajstić information content (AvgIpc) is 3.37. The Morgan fingerprint density at radius 3 is 2.68 bits per heavy atom. The molecule has 28 heavy (non-hydrogen) atoms. The van der Waals surface area contributed by atoms with E-state index in [0.717, 1.165) is 36.1 Å². The Balaban J connectivity index is 1.43. The fourth-order valence-corrected chi connectivity index (χ4v) is 4.38. The number of aromatic amines is 1. The van der Waals surface area contributed by atoms with Gasteiger partial charge in [-0.05, 0) is 43.4 Å². The number of carbonyl (C=O) groups excluding carboxylic acids is 2. The molecule has 2 aliphatic rings. The molecule has 0 unspecified atom stereocenters. The molecule has 3 amide bonds. The Hall–Kier alpha value is -2.90. The first-order chi connectivity index (χ1) is 13.5. The third kappa shape index (κ3) is 3.46. The normalized spacial score (nSPS) is 20.5. The van der Waals surface area contributed by atoms with Gasteiger partial charge in [0.2, 0.25) is 5.91 Å². The van der Waals surface area contributed by atoms with Crippen LogP contribution in [0.25, 0.3) is 11.1 Å². The van der Waals surface area contributed by atoms with E-state index in [-0.39, 0.29) is 17.6 Å². The third-order valence-corrected chi connectivity index (χ3v) is 5.84. The lowest BCUT2D eigenvalue weighted by Gasteiger charge is -2.35. The van der Waals surface area contributed by atoms with Crippen LogP contribution in [0.2, 0.25) is 0 Å². The Morgan fingerprint density at radius 2 is 1.96 bits per heavy atom. The van der Waals surface area contributed by atoms with Crippen LogP contribution in [0.5, 0.6) is 0 Å². The van der Waals surface area contributed by atoms with Gasteiger partial charge in [0.25, 0.3) is 0 Å². The zero-order valence-corrected chi connectivity index (χ0v) is 15.6. The summed E-state index contributed by atoms with van der Waals surface area (Å²) in [6, 6.07) is 5.53. The van der Waals surface area contributed by atoms with Crippen molar-refractivity contribution in [1.82, 2.24) is 20.0 Å². The second-order valence-corrected chi connectivity index (χ2v) is 7.50. The summed E-state index contributed by atoms with van der Waals surface area (Å²) in [7, 11) is 0. The van der Waals surface area contributed by atoms with E-state index in [0.29, 0.717) is 26.1 Å². The largest absolute Gasteiger partial charge is 0.351 e. The van der Waals surface area contributed by atoms with Crippen LogP contribution in [0.15, 0.2) is 30.5 Å². The fourth-order valence-electron chi connectivity index (χ4n) is 4.38. The number of halogens is 1. The van der Waals surface area contributed by atoms with Crippen molar-refractivity contribution in [3.05, 3.63) is 42.0 Å². The molecule has 2 aliphatic heterocycles. The Morgan fingerprint density at radius 1 is 1.18 bits per heavy atom. The van der Waals surface area contributed by atoms with Crippen molar-refractivity contribution in [3.8, 4) is 11.1 Å². The number of likely N-dealkylation sites (tertiary alicyclic amines) is 2. The number of aromatic nitrogens is 2. The molecule has 3 heterocycles. The molecular formula is C20H24FN5O2. The molecule has 4 rings (SSSR count). The molecule has 148 valence electrons. The number of hydrogen-bond acceptors (Lipinski definition) is 3. The van der Waals surface area contributed by atoms with Gasteiger partial charge in [-0.3, -0.25) is 9.89 Å². The highest BCUT2D eigenvalue weighted by Crippen LogP contribution is 2.34. The maximum absolute atomic E-state index is 13.6. The van der Waals surface area contributed by atoms with E-state index in [9.17, 15) is 14.0 Å². The molecule has 0 bridgehead atoms. The zero-order valence-electron chi connectivity index (χ0n) is 15.6. The van der Waals surface area contributed by atoms with Gasteiger partial charge in [-0.15, -0.1) is 0 Å². The summed E-state index contributed by atoms with van der Waals surface area (Å²) in [4.78, 5) is 27.7. The Kier molecular flexibility index (Phi) is 5.02. The molecule has 1 atom stereocenters. The molecule has 1 aromatic carbocycles. The van der Waals surface area contributed by atoms with Gasteiger partial charge in [-0.2, -0.15) is 5.10 Å². The summed E-state index contributed by atoms with van der Waals surface area (Å²) >= 11 is 0. The predicted octanol–water partition coefficient (Wildman–Crippen LogP) is 2.46. The number of nitrogens with one attached hydrogen (secondary N) is 1. The van der Waals surface area contributed by atoms with Crippen LogP contribution in [-0.4, -0.2) is 57.6 Å². The molecule has 1 aromatic heterocycles. The summed E-state index contributed by atoms with van der Waals surface area (Å²) in [6.07, 6.45) is 4.79. The van der Waals surface area contributed by atoms with Gasteiger partial charge < -0.3 is 15.5 Å². The maximum atomic E-state index is 13.6. The van der Waals surface area contributed by atoms with Crippen molar-refractivity contribution in [2.24, 2.45) is 5.73 Å². The van der Waals surface area contributed by atoms with E-state index < -0.39 is 12.1 Å². The lowest BCUT2D eigenvalue weighted by molar-refractivity contribution is -0.136. The number of hydrogen-bond donors (Lipinski definition) is 2. The molecule has 0 radical (unpaired) electrons. The van der Waals surface area contributed by atoms with Crippen LogP contribution in [0.1, 0.15) is 37.3 Å². The van der Waals surface area contributed by atoms with E-state index >= 15 is 0 Å². The predicted molar refractivity (Wildman–Crippen MR) is 102 cm³/mol. The Labute approximate surface area is 162 Å². The topological polar surface area (TPSA) is 95.3 Å². The van der Waals surface area contributed by atoms with Gasteiger partial charge in [0, 0.05) is 36.8 Å². The molecule has 3 N–H and O–H groups in total. The van der Waals surface area contributed by atoms with E-state index in [2.05, 4.69) is 10.2 Å². The van der Waals surface area contributed by atoms with Crippen LogP contribution in [-0.2, 0) is 4.79 Å². The van der Waals surface area contributed by atoms with Crippen molar-refractivity contribution in [2.45, 2.75) is 37.6 Å². The van der Waals surface area contributed by atoms with Gasteiger partial charge in [0.15, 0.2) is 0 Å². The van der Waals surface area contributed by atoms with Gasteiger partial charge in [-0.25, -0.2) is 9.18 Å². The first-order valence-electron chi connectivity index (χ1n) is 9.68. The number of piperidine rings is 1. The van der Waals surface area contributed by atoms with E-state index in [4.69, 9.17) is 5.73 Å². The van der Waals surface area contributed by atoms with Crippen LogP contribution < -0.4 is 5.73 Å². The van der Waals surface area contributed by atoms with Crippen molar-refractivity contribution in [2.75, 3.05) is 19.6 Å². The summed E-state index contributed by atoms with van der Waals surface area (Å²) in [6.45, 7) is 1.79. The summed E-state index contributed by atoms with van der Waals surface area (Å²) in [5, 5.41) is 7.23. The van der Waals surface area contributed by atoms with Crippen molar-refractivity contribution in [3.63, 3.8) is 0 Å². The molecule has 8 heteroatoms. The highest BCUT2D eigenvalue weighted by atomic mass is 19.1. The van der Waals surface area contributed by atoms with Gasteiger partial charge in [-0.1, -0.05) is 12.1 Å². The molecule has 2 saturated heterocycles.